The van der Waals surface area contributed by atoms with Crippen LogP contribution in [0.3, 0.4) is 0 Å². The van der Waals surface area contributed by atoms with Crippen molar-refractivity contribution in [2.24, 2.45) is 0 Å². The number of phosphoric acid groups is 1. The molecule has 0 aromatic rings. The summed E-state index contributed by atoms with van der Waals surface area (Å²) in [5.74, 6) is -0.486. The molecule has 1 fully saturated rings. The molecule has 0 aromatic carbocycles. The maximum Gasteiger partial charge on any atom is 0.472 e. The third-order valence-electron chi connectivity index (χ3n) is 11.3. The molecule has 65 heavy (non-hydrogen) atoms. The summed E-state index contributed by atoms with van der Waals surface area (Å²) in [7, 11) is -5.03. The number of esters is 1. The summed E-state index contributed by atoms with van der Waals surface area (Å²) in [5.41, 5.74) is 0. The normalized spacial score (nSPS) is 22.2. The van der Waals surface area contributed by atoms with E-state index in [4.69, 9.17) is 18.5 Å². The van der Waals surface area contributed by atoms with Crippen molar-refractivity contribution in [1.82, 2.24) is 0 Å². The highest BCUT2D eigenvalue weighted by molar-refractivity contribution is 7.47. The average molecular weight is 939 g/mol. The van der Waals surface area contributed by atoms with E-state index >= 15 is 0 Å². The second-order valence-electron chi connectivity index (χ2n) is 17.3. The number of hydrogen-bond donors (Lipinski definition) is 6. The summed E-state index contributed by atoms with van der Waals surface area (Å²) in [6.45, 7) is 4.10. The average Bonchev–Trinajstić information content (AvgIpc) is 3.29. The van der Waals surface area contributed by atoms with E-state index in [1.54, 1.807) is 0 Å². The maximum absolute atomic E-state index is 12.8. The van der Waals surface area contributed by atoms with Crippen LogP contribution in [0.5, 0.6) is 0 Å². The van der Waals surface area contributed by atoms with Gasteiger partial charge in [0.1, 0.15) is 42.7 Å². The molecule has 1 aliphatic rings. The van der Waals surface area contributed by atoms with Crippen molar-refractivity contribution in [3.8, 4) is 0 Å². The Morgan fingerprint density at radius 2 is 0.908 bits per heavy atom. The molecule has 0 heterocycles. The molecule has 0 radical (unpaired) electrons. The molecule has 376 valence electrons. The fourth-order valence-electron chi connectivity index (χ4n) is 7.36. The maximum atomic E-state index is 12.8. The van der Waals surface area contributed by atoms with Crippen LogP contribution in [-0.2, 0) is 27.9 Å². The van der Waals surface area contributed by atoms with Gasteiger partial charge in [0.25, 0.3) is 0 Å². The molecule has 13 heteroatoms. The summed E-state index contributed by atoms with van der Waals surface area (Å²) in [5, 5.41) is 50.3. The highest BCUT2D eigenvalue weighted by atomic mass is 31.2. The summed E-state index contributed by atoms with van der Waals surface area (Å²) < 4.78 is 34.2. The van der Waals surface area contributed by atoms with Gasteiger partial charge in [-0.1, -0.05) is 189 Å². The molecule has 6 N–H and O–H groups in total. The molecule has 1 rings (SSSR count). The molecule has 1 aliphatic carbocycles. The molecule has 12 nitrogen and oxygen atoms in total. The molecular weight excluding hydrogens is 848 g/mol. The molecule has 0 spiro atoms. The van der Waals surface area contributed by atoms with E-state index in [-0.39, 0.29) is 13.0 Å². The van der Waals surface area contributed by atoms with E-state index in [1.807, 2.05) is 0 Å². The number of ether oxygens (including phenoxy) is 2. The van der Waals surface area contributed by atoms with Crippen molar-refractivity contribution in [1.29, 1.82) is 0 Å². The minimum atomic E-state index is -5.03. The molecule has 0 amide bonds. The van der Waals surface area contributed by atoms with Gasteiger partial charge < -0.3 is 39.9 Å². The largest absolute Gasteiger partial charge is 0.472 e. The summed E-state index contributed by atoms with van der Waals surface area (Å²) in [6, 6.07) is 0. The fourth-order valence-corrected chi connectivity index (χ4v) is 8.33. The number of carbonyl (C=O) groups is 1. The van der Waals surface area contributed by atoms with E-state index in [2.05, 4.69) is 86.8 Å². The van der Waals surface area contributed by atoms with Gasteiger partial charge in [0.05, 0.1) is 13.2 Å². The molecule has 0 aromatic heterocycles. The highest BCUT2D eigenvalue weighted by Crippen LogP contribution is 2.47. The highest BCUT2D eigenvalue weighted by Gasteiger charge is 2.51. The van der Waals surface area contributed by atoms with E-state index in [0.717, 1.165) is 96.3 Å². The number of carbonyl (C=O) groups excluding carboxylic acids is 1. The van der Waals surface area contributed by atoms with Gasteiger partial charge in [-0.05, 0) is 64.2 Å². The number of aliphatic hydroxyl groups is 5. The molecule has 6 unspecified atom stereocenters. The Balaban J connectivity index is 2.36. The second-order valence-corrected chi connectivity index (χ2v) is 18.7. The quantitative estimate of drug-likeness (QED) is 0.0147. The van der Waals surface area contributed by atoms with Crippen molar-refractivity contribution in [3.05, 3.63) is 72.9 Å². The lowest BCUT2D eigenvalue weighted by Crippen LogP contribution is -2.64. The SMILES string of the molecule is CC/C=C\C/C=C\C/C=C\C/C=C\C/C=C\C/C=C\CCCCCCCOCC(COP(=O)(O)OC1C(O)C(O)C(O)C(O)C1O)OC(=O)CCCCCCCCCCCCCCCC. The zero-order valence-corrected chi connectivity index (χ0v) is 41.2. The zero-order chi connectivity index (χ0) is 47.6. The first kappa shape index (κ1) is 60.8. The van der Waals surface area contributed by atoms with Gasteiger partial charge in [0.15, 0.2) is 0 Å². The van der Waals surface area contributed by atoms with Gasteiger partial charge in [-0.25, -0.2) is 4.57 Å². The number of unbranched alkanes of at least 4 members (excludes halogenated alkanes) is 18. The van der Waals surface area contributed by atoms with Crippen LogP contribution in [0.4, 0.5) is 0 Å². The molecular formula is C52H91O12P. The lowest BCUT2D eigenvalue weighted by molar-refractivity contribution is -0.220. The van der Waals surface area contributed by atoms with Crippen molar-refractivity contribution >= 4 is 13.8 Å². The Labute approximate surface area is 393 Å². The van der Waals surface area contributed by atoms with E-state index in [9.17, 15) is 39.8 Å². The zero-order valence-electron chi connectivity index (χ0n) is 40.3. The van der Waals surface area contributed by atoms with E-state index in [0.29, 0.717) is 13.0 Å². The Morgan fingerprint density at radius 3 is 1.38 bits per heavy atom. The van der Waals surface area contributed by atoms with E-state index in [1.165, 1.54) is 64.2 Å². The van der Waals surface area contributed by atoms with Gasteiger partial charge >= 0.3 is 13.8 Å². The number of allylic oxidation sites excluding steroid dienone is 12. The van der Waals surface area contributed by atoms with Crippen LogP contribution in [0.1, 0.15) is 187 Å². The van der Waals surface area contributed by atoms with Gasteiger partial charge in [-0.2, -0.15) is 0 Å². The first-order valence-electron chi connectivity index (χ1n) is 25.3. The van der Waals surface area contributed by atoms with Crippen LogP contribution >= 0.6 is 7.82 Å². The fraction of sp³-hybridized carbons (Fsp3) is 0.750. The minimum Gasteiger partial charge on any atom is -0.457 e. The van der Waals surface area contributed by atoms with Crippen LogP contribution in [0.25, 0.3) is 0 Å². The van der Waals surface area contributed by atoms with Crippen LogP contribution in [0.15, 0.2) is 72.9 Å². The lowest BCUT2D eigenvalue weighted by Gasteiger charge is -2.41. The number of aliphatic hydroxyl groups excluding tert-OH is 5. The van der Waals surface area contributed by atoms with Gasteiger partial charge in [-0.15, -0.1) is 0 Å². The first-order valence-corrected chi connectivity index (χ1v) is 26.8. The Bertz CT molecular complexity index is 1350. The Hall–Kier alpha value is -2.22. The Morgan fingerprint density at radius 1 is 0.508 bits per heavy atom. The van der Waals surface area contributed by atoms with Gasteiger partial charge in [0.2, 0.25) is 0 Å². The Kier molecular flexibility index (Phi) is 39.2. The number of rotatable bonds is 42. The third-order valence-corrected chi connectivity index (χ3v) is 12.3. The third kappa shape index (κ3) is 33.8. The smallest absolute Gasteiger partial charge is 0.457 e. The molecule has 1 saturated carbocycles. The van der Waals surface area contributed by atoms with Crippen molar-refractivity contribution < 1.29 is 58.3 Å². The predicted octanol–water partition coefficient (Wildman–Crippen LogP) is 11.1. The summed E-state index contributed by atoms with van der Waals surface area (Å²) in [4.78, 5) is 23.2. The van der Waals surface area contributed by atoms with Crippen LogP contribution in [0, 0.1) is 0 Å². The second kappa shape index (κ2) is 41.9. The van der Waals surface area contributed by atoms with Crippen LogP contribution in [0.2, 0.25) is 0 Å². The van der Waals surface area contributed by atoms with Gasteiger partial charge in [0, 0.05) is 13.0 Å². The summed E-state index contributed by atoms with van der Waals surface area (Å²) >= 11 is 0. The minimum absolute atomic E-state index is 0.0918. The lowest BCUT2D eigenvalue weighted by atomic mass is 9.85. The molecule has 0 bridgehead atoms. The van der Waals surface area contributed by atoms with Crippen LogP contribution in [-0.4, -0.2) is 98.9 Å². The van der Waals surface area contributed by atoms with Gasteiger partial charge in [-0.3, -0.25) is 13.8 Å². The van der Waals surface area contributed by atoms with Crippen LogP contribution < -0.4 is 0 Å². The number of phosphoric ester groups is 1. The first-order chi connectivity index (χ1) is 31.5. The molecule has 6 atom stereocenters. The molecule has 0 aliphatic heterocycles. The van der Waals surface area contributed by atoms with Crippen molar-refractivity contribution in [2.75, 3.05) is 19.8 Å². The topological polar surface area (TPSA) is 192 Å². The van der Waals surface area contributed by atoms with Crippen molar-refractivity contribution in [3.63, 3.8) is 0 Å². The van der Waals surface area contributed by atoms with Crippen molar-refractivity contribution in [2.45, 2.75) is 230 Å². The summed E-state index contributed by atoms with van der Waals surface area (Å²) in [6.07, 6.45) is 42.5. The standard InChI is InChI=1S/C52H91O12P/c1-3-5-7-9-11-13-15-17-19-20-21-22-23-24-25-26-27-28-30-32-34-36-38-40-42-61-43-45(44-62-65(59,60)64-52-50(57)48(55)47(54)49(56)51(52)58)63-46(53)41-39-37-35-33-31-29-18-16-14-12-10-8-6-4-2/h5,7,11,13,17,19,21-22,24-25,27-28,45,47-52,54-58H,3-4,6,8-10,12,14-16,18,20,23,26,29-44H2,1-2H3,(H,59,60)/b7-5-,13-11-,19-17-,22-21-,25-24-,28-27-. The molecule has 0 saturated heterocycles. The monoisotopic (exact) mass is 939 g/mol. The number of hydrogen-bond acceptors (Lipinski definition) is 11. The predicted molar refractivity (Wildman–Crippen MR) is 262 cm³/mol. The van der Waals surface area contributed by atoms with E-state index < -0.39 is 63.1 Å².